The molecule has 2 N–H and O–H groups in total. The van der Waals surface area contributed by atoms with Gasteiger partial charge in [-0.3, -0.25) is 4.55 Å². The molecule has 0 saturated heterocycles. The van der Waals surface area contributed by atoms with Crippen LogP contribution in [0.1, 0.15) is 17.2 Å². The van der Waals surface area contributed by atoms with Crippen LogP contribution in [0.2, 0.25) is 0 Å². The predicted octanol–water partition coefficient (Wildman–Crippen LogP) is 0.942. The average Bonchev–Trinajstić information content (AvgIpc) is 2.01. The van der Waals surface area contributed by atoms with Gasteiger partial charge in [0.1, 0.15) is 5.75 Å². The highest BCUT2D eigenvalue weighted by molar-refractivity contribution is 7.85. The molecule has 0 heterocycles. The number of aliphatic hydroxyl groups excluding tert-OH is 1. The topological polar surface area (TPSA) is 74.6 Å². The number of aliphatic hydroxyl groups is 1. The van der Waals surface area contributed by atoms with Crippen LogP contribution in [0.5, 0.6) is 0 Å². The van der Waals surface area contributed by atoms with Gasteiger partial charge in [0.25, 0.3) is 10.1 Å². The van der Waals surface area contributed by atoms with Gasteiger partial charge in [-0.15, -0.1) is 0 Å². The van der Waals surface area contributed by atoms with Crippen LogP contribution in [0, 0.1) is 6.92 Å². The molecule has 0 saturated carbocycles. The standard InChI is InChI=1S/C9H11O4S/c1-7(10)9-4-2-3-8(5-9)6-14(11,12)13/h2-5,7,10H,1,6H2,(H,11,12,13)/t7-/m1/s1. The van der Waals surface area contributed by atoms with E-state index in [1.807, 2.05) is 0 Å². The third-order valence-corrected chi connectivity index (χ3v) is 2.38. The monoisotopic (exact) mass is 215 g/mol. The van der Waals surface area contributed by atoms with E-state index in [-0.39, 0.29) is 0 Å². The lowest BCUT2D eigenvalue weighted by Crippen LogP contribution is -2.02. The van der Waals surface area contributed by atoms with Crippen molar-refractivity contribution in [2.24, 2.45) is 0 Å². The lowest BCUT2D eigenvalue weighted by atomic mass is 10.1. The van der Waals surface area contributed by atoms with Crippen LogP contribution in [0.3, 0.4) is 0 Å². The minimum atomic E-state index is -4.02. The zero-order valence-corrected chi connectivity index (χ0v) is 8.24. The molecule has 14 heavy (non-hydrogen) atoms. The Labute approximate surface area is 82.9 Å². The van der Waals surface area contributed by atoms with E-state index in [1.165, 1.54) is 6.07 Å². The second-order valence-electron chi connectivity index (χ2n) is 2.99. The number of rotatable bonds is 3. The maximum Gasteiger partial charge on any atom is 0.269 e. The summed E-state index contributed by atoms with van der Waals surface area (Å²) in [6, 6.07) is 6.28. The first-order valence-electron chi connectivity index (χ1n) is 3.93. The van der Waals surface area contributed by atoms with Crippen LogP contribution in [0.25, 0.3) is 0 Å². The van der Waals surface area contributed by atoms with Gasteiger partial charge in [0.15, 0.2) is 0 Å². The fourth-order valence-corrected chi connectivity index (χ4v) is 1.70. The van der Waals surface area contributed by atoms with Crippen LogP contribution in [0.15, 0.2) is 24.3 Å². The predicted molar refractivity (Wildman–Crippen MR) is 52.0 cm³/mol. The summed E-state index contributed by atoms with van der Waals surface area (Å²) >= 11 is 0. The number of hydrogen-bond acceptors (Lipinski definition) is 3. The molecule has 1 aromatic carbocycles. The van der Waals surface area contributed by atoms with E-state index in [9.17, 15) is 8.42 Å². The molecular weight excluding hydrogens is 204 g/mol. The summed E-state index contributed by atoms with van der Waals surface area (Å²) in [5, 5.41) is 9.12. The highest BCUT2D eigenvalue weighted by Gasteiger charge is 2.08. The molecule has 0 spiro atoms. The Bertz CT molecular complexity index is 409. The number of benzene rings is 1. The van der Waals surface area contributed by atoms with Gasteiger partial charge in [-0.25, -0.2) is 0 Å². The summed E-state index contributed by atoms with van der Waals surface area (Å²) < 4.78 is 29.7. The Balaban J connectivity index is 2.95. The van der Waals surface area contributed by atoms with Gasteiger partial charge >= 0.3 is 0 Å². The molecule has 77 valence electrons. The van der Waals surface area contributed by atoms with Gasteiger partial charge in [-0.2, -0.15) is 8.42 Å². The molecule has 5 heteroatoms. The Hall–Kier alpha value is -0.910. The molecule has 4 nitrogen and oxygen atoms in total. The van der Waals surface area contributed by atoms with Crippen molar-refractivity contribution in [1.29, 1.82) is 0 Å². The normalized spacial score (nSPS) is 13.9. The first-order valence-corrected chi connectivity index (χ1v) is 5.54. The minimum Gasteiger partial charge on any atom is -0.388 e. The van der Waals surface area contributed by atoms with Crippen molar-refractivity contribution in [3.05, 3.63) is 42.3 Å². The van der Waals surface area contributed by atoms with E-state index in [0.717, 1.165) is 0 Å². The quantitative estimate of drug-likeness (QED) is 0.736. The van der Waals surface area contributed by atoms with E-state index in [1.54, 1.807) is 18.2 Å². The van der Waals surface area contributed by atoms with E-state index >= 15 is 0 Å². The highest BCUT2D eigenvalue weighted by Crippen LogP contribution is 2.14. The van der Waals surface area contributed by atoms with Gasteiger partial charge in [-0.1, -0.05) is 24.3 Å². The van der Waals surface area contributed by atoms with Gasteiger partial charge in [-0.05, 0) is 18.1 Å². The molecule has 0 amide bonds. The molecule has 0 aromatic heterocycles. The first kappa shape index (κ1) is 11.2. The van der Waals surface area contributed by atoms with Crippen LogP contribution in [-0.4, -0.2) is 18.1 Å². The maximum atomic E-state index is 10.6. The first-order chi connectivity index (χ1) is 6.38. The highest BCUT2D eigenvalue weighted by atomic mass is 32.2. The Morgan fingerprint density at radius 3 is 2.57 bits per heavy atom. The second-order valence-corrected chi connectivity index (χ2v) is 4.44. The second kappa shape index (κ2) is 4.08. The third-order valence-electron chi connectivity index (χ3n) is 1.68. The molecule has 0 aliphatic heterocycles. The largest absolute Gasteiger partial charge is 0.388 e. The van der Waals surface area contributed by atoms with Gasteiger partial charge in [0.05, 0.1) is 6.10 Å². The minimum absolute atomic E-state index is 0.424. The molecule has 0 aliphatic rings. The van der Waals surface area contributed by atoms with Gasteiger partial charge < -0.3 is 5.11 Å². The summed E-state index contributed by atoms with van der Waals surface area (Å²) in [5.41, 5.74) is 0.943. The van der Waals surface area contributed by atoms with Crippen LogP contribution in [0.4, 0.5) is 0 Å². The fraction of sp³-hybridized carbons (Fsp3) is 0.222. The third kappa shape index (κ3) is 3.45. The smallest absolute Gasteiger partial charge is 0.269 e. The molecule has 0 fully saturated rings. The van der Waals surface area contributed by atoms with Crippen molar-refractivity contribution in [3.63, 3.8) is 0 Å². The summed E-state index contributed by atoms with van der Waals surface area (Å²) in [6.45, 7) is 3.39. The van der Waals surface area contributed by atoms with Crippen LogP contribution < -0.4 is 0 Å². The lowest BCUT2D eigenvalue weighted by molar-refractivity contribution is 0.226. The molecular formula is C9H11O4S. The summed E-state index contributed by atoms with van der Waals surface area (Å²) in [7, 11) is -4.02. The molecule has 0 unspecified atom stereocenters. The van der Waals surface area contributed by atoms with Crippen molar-refractivity contribution >= 4 is 10.1 Å². The zero-order chi connectivity index (χ0) is 10.8. The van der Waals surface area contributed by atoms with E-state index < -0.39 is 22.0 Å². The van der Waals surface area contributed by atoms with Crippen molar-refractivity contribution in [1.82, 2.24) is 0 Å². The average molecular weight is 215 g/mol. The summed E-state index contributed by atoms with van der Waals surface area (Å²) in [6.07, 6.45) is -0.892. The van der Waals surface area contributed by atoms with Crippen LogP contribution >= 0.6 is 0 Å². The SMILES string of the molecule is [CH2][C@@H](O)c1cccc(CS(=O)(=O)O)c1. The Kier molecular flexibility index (Phi) is 3.25. The van der Waals surface area contributed by atoms with Crippen molar-refractivity contribution < 1.29 is 18.1 Å². The summed E-state index contributed by atoms with van der Waals surface area (Å²) in [4.78, 5) is 0. The van der Waals surface area contributed by atoms with E-state index in [0.29, 0.717) is 11.1 Å². The molecule has 0 bridgehead atoms. The van der Waals surface area contributed by atoms with Gasteiger partial charge in [0, 0.05) is 0 Å². The van der Waals surface area contributed by atoms with Crippen LogP contribution in [-0.2, 0) is 15.9 Å². The zero-order valence-electron chi connectivity index (χ0n) is 7.42. The number of hydrogen-bond donors (Lipinski definition) is 2. The Morgan fingerprint density at radius 1 is 1.43 bits per heavy atom. The molecule has 1 rings (SSSR count). The van der Waals surface area contributed by atoms with Crippen molar-refractivity contribution in [2.45, 2.75) is 11.9 Å². The lowest BCUT2D eigenvalue weighted by Gasteiger charge is -2.05. The molecule has 1 aromatic rings. The van der Waals surface area contributed by atoms with E-state index in [4.69, 9.17) is 9.66 Å². The Morgan fingerprint density at radius 2 is 2.07 bits per heavy atom. The summed E-state index contributed by atoms with van der Waals surface area (Å²) in [5.74, 6) is -0.451. The van der Waals surface area contributed by atoms with Crippen molar-refractivity contribution in [2.75, 3.05) is 0 Å². The molecule has 0 aliphatic carbocycles. The fourth-order valence-electron chi connectivity index (χ4n) is 1.10. The molecule has 1 radical (unpaired) electrons. The molecule has 1 atom stereocenters. The maximum absolute atomic E-state index is 10.6. The van der Waals surface area contributed by atoms with Crippen molar-refractivity contribution in [3.8, 4) is 0 Å². The van der Waals surface area contributed by atoms with Gasteiger partial charge in [0.2, 0.25) is 0 Å². The van der Waals surface area contributed by atoms with E-state index in [2.05, 4.69) is 6.92 Å².